The number of ether oxygens (including phenoxy) is 1. The van der Waals surface area contributed by atoms with Crippen molar-refractivity contribution in [2.45, 2.75) is 71.4 Å². The van der Waals surface area contributed by atoms with Crippen LogP contribution in [0.1, 0.15) is 75.2 Å². The van der Waals surface area contributed by atoms with Gasteiger partial charge in [0.1, 0.15) is 11.7 Å². The number of carbonyl (C=O) groups is 2. The summed E-state index contributed by atoms with van der Waals surface area (Å²) in [4.78, 5) is 33.7. The summed E-state index contributed by atoms with van der Waals surface area (Å²) < 4.78 is 6.26. The van der Waals surface area contributed by atoms with Gasteiger partial charge in [0.25, 0.3) is 5.91 Å². The number of fused-ring (bicyclic) bond motifs is 1. The summed E-state index contributed by atoms with van der Waals surface area (Å²) in [6.07, 6.45) is 8.04. The van der Waals surface area contributed by atoms with Crippen molar-refractivity contribution in [1.82, 2.24) is 20.1 Å². The van der Waals surface area contributed by atoms with Crippen molar-refractivity contribution in [1.29, 1.82) is 0 Å². The molecule has 0 aromatic carbocycles. The van der Waals surface area contributed by atoms with Gasteiger partial charge in [0.2, 0.25) is 5.88 Å². The molecule has 0 spiro atoms. The van der Waals surface area contributed by atoms with Crippen LogP contribution >= 0.6 is 0 Å². The zero-order chi connectivity index (χ0) is 25.4. The summed E-state index contributed by atoms with van der Waals surface area (Å²) in [5, 5.41) is 12.7. The first-order valence-electron chi connectivity index (χ1n) is 12.9. The van der Waals surface area contributed by atoms with Crippen LogP contribution in [0.4, 0.5) is 4.79 Å². The number of aromatic nitrogens is 1. The van der Waals surface area contributed by atoms with E-state index in [1.54, 1.807) is 29.1 Å². The largest absolute Gasteiger partial charge is 0.472 e. The van der Waals surface area contributed by atoms with E-state index in [4.69, 9.17) is 4.74 Å². The average molecular weight is 485 g/mol. The third kappa shape index (κ3) is 7.11. The van der Waals surface area contributed by atoms with Crippen LogP contribution in [0.25, 0.3) is 0 Å². The highest BCUT2D eigenvalue weighted by atomic mass is 16.5. The molecule has 1 aromatic rings. The number of rotatable bonds is 7. The maximum atomic E-state index is 13.5. The second-order valence-corrected chi connectivity index (χ2v) is 9.97. The van der Waals surface area contributed by atoms with Crippen molar-refractivity contribution >= 4 is 11.9 Å². The maximum absolute atomic E-state index is 13.5. The number of pyridine rings is 1. The van der Waals surface area contributed by atoms with Crippen molar-refractivity contribution < 1.29 is 19.4 Å². The zero-order valence-electron chi connectivity index (χ0n) is 21.5. The molecular formula is C27H40N4O4. The molecule has 1 aliphatic carbocycles. The molecule has 0 radical (unpaired) electrons. The summed E-state index contributed by atoms with van der Waals surface area (Å²) >= 11 is 0. The van der Waals surface area contributed by atoms with Gasteiger partial charge in [0.05, 0.1) is 19.2 Å². The first-order valence-corrected chi connectivity index (χ1v) is 12.9. The summed E-state index contributed by atoms with van der Waals surface area (Å²) in [7, 11) is 1.73. The molecular weight excluding hydrogens is 444 g/mol. The van der Waals surface area contributed by atoms with Crippen LogP contribution in [-0.4, -0.2) is 77.3 Å². The number of aliphatic hydroxyl groups is 1. The normalized spacial score (nSPS) is 21.2. The summed E-state index contributed by atoms with van der Waals surface area (Å²) in [6.45, 7) is 7.01. The van der Waals surface area contributed by atoms with E-state index in [2.05, 4.69) is 22.1 Å². The molecule has 8 nitrogen and oxygen atoms in total. The second-order valence-electron chi connectivity index (χ2n) is 9.97. The fraction of sp³-hybridized carbons (Fsp3) is 0.667. The summed E-state index contributed by atoms with van der Waals surface area (Å²) in [6, 6.07) is 1.22. The Hall–Kier alpha value is -2.79. The average Bonchev–Trinajstić information content (AvgIpc) is 3.37. The summed E-state index contributed by atoms with van der Waals surface area (Å²) in [5.74, 6) is 7.03. The molecule has 35 heavy (non-hydrogen) atoms. The van der Waals surface area contributed by atoms with Gasteiger partial charge in [-0.15, -0.1) is 0 Å². The van der Waals surface area contributed by atoms with Gasteiger partial charge in [-0.05, 0) is 38.2 Å². The highest BCUT2D eigenvalue weighted by Crippen LogP contribution is 2.28. The fourth-order valence-corrected chi connectivity index (χ4v) is 4.62. The van der Waals surface area contributed by atoms with Gasteiger partial charge in [-0.2, -0.15) is 0 Å². The van der Waals surface area contributed by atoms with E-state index in [1.807, 2.05) is 20.8 Å². The van der Waals surface area contributed by atoms with E-state index < -0.39 is 0 Å². The zero-order valence-corrected chi connectivity index (χ0v) is 21.5. The fourth-order valence-electron chi connectivity index (χ4n) is 4.62. The van der Waals surface area contributed by atoms with Crippen molar-refractivity contribution in [3.05, 3.63) is 23.4 Å². The predicted octanol–water partition coefficient (Wildman–Crippen LogP) is 3.28. The Morgan fingerprint density at radius 2 is 2.14 bits per heavy atom. The lowest BCUT2D eigenvalue weighted by Crippen LogP contribution is -2.51. The first-order chi connectivity index (χ1) is 16.8. The minimum absolute atomic E-state index is 0.0878. The molecule has 2 N–H and O–H groups in total. The molecule has 2 heterocycles. The second kappa shape index (κ2) is 12.8. The Kier molecular flexibility index (Phi) is 9.79. The SMILES string of the molecule is CCCNC(=O)N(C)C[C@H]1Oc2ncc(C#CCC3CCCC3)cc2C(=O)N([C@@H](C)CO)C[C@H]1C. The smallest absolute Gasteiger partial charge is 0.317 e. The molecule has 1 fully saturated rings. The Morgan fingerprint density at radius 3 is 2.83 bits per heavy atom. The number of aliphatic hydroxyl groups excluding tert-OH is 1. The van der Waals surface area contributed by atoms with Gasteiger partial charge in [0.15, 0.2) is 0 Å². The van der Waals surface area contributed by atoms with Gasteiger partial charge in [-0.1, -0.05) is 38.5 Å². The van der Waals surface area contributed by atoms with E-state index in [0.29, 0.717) is 36.7 Å². The van der Waals surface area contributed by atoms with E-state index in [-0.39, 0.29) is 42.5 Å². The molecule has 1 aliphatic heterocycles. The number of carbonyl (C=O) groups excluding carboxylic acids is 2. The van der Waals surface area contributed by atoms with Crippen molar-refractivity contribution in [2.24, 2.45) is 11.8 Å². The third-order valence-corrected chi connectivity index (χ3v) is 6.95. The Morgan fingerprint density at radius 1 is 1.40 bits per heavy atom. The quantitative estimate of drug-likeness (QED) is 0.579. The molecule has 3 rings (SSSR count). The van der Waals surface area contributed by atoms with Crippen molar-refractivity contribution in [3.63, 3.8) is 0 Å². The van der Waals surface area contributed by atoms with Crippen LogP contribution in [0, 0.1) is 23.7 Å². The first kappa shape index (κ1) is 26.8. The summed E-state index contributed by atoms with van der Waals surface area (Å²) in [5.41, 5.74) is 1.02. The van der Waals surface area contributed by atoms with Crippen LogP contribution in [0.15, 0.2) is 12.3 Å². The van der Waals surface area contributed by atoms with E-state index >= 15 is 0 Å². The number of hydrogen-bond acceptors (Lipinski definition) is 5. The Labute approximate surface area is 209 Å². The molecule has 8 heteroatoms. The van der Waals surface area contributed by atoms with Gasteiger partial charge >= 0.3 is 6.03 Å². The number of amides is 3. The topological polar surface area (TPSA) is 95.0 Å². The lowest BCUT2D eigenvalue weighted by molar-refractivity contribution is 0.0352. The number of nitrogens with zero attached hydrogens (tertiary/aromatic N) is 3. The van der Waals surface area contributed by atoms with Crippen molar-refractivity contribution in [2.75, 3.05) is 33.3 Å². The Balaban J connectivity index is 1.86. The standard InChI is InChI=1S/C27H40N4O4/c1-5-13-28-27(34)30(4)17-24-19(2)16-31(20(3)18-32)26(33)23-14-22(15-29-25(23)35-24)12-8-11-21-9-6-7-10-21/h14-15,19-21,24,32H,5-7,9-11,13,16-18H2,1-4H3,(H,28,34)/t19-,20+,24-/m1/s1. The van der Waals surface area contributed by atoms with Crippen LogP contribution < -0.4 is 10.1 Å². The van der Waals surface area contributed by atoms with E-state index in [1.165, 1.54) is 25.7 Å². The molecule has 0 unspecified atom stereocenters. The number of nitrogens with one attached hydrogen (secondary N) is 1. The lowest BCUT2D eigenvalue weighted by atomic mass is 10.00. The van der Waals surface area contributed by atoms with Crippen LogP contribution in [0.2, 0.25) is 0 Å². The van der Waals surface area contributed by atoms with E-state index in [9.17, 15) is 14.7 Å². The third-order valence-electron chi connectivity index (χ3n) is 6.95. The minimum Gasteiger partial charge on any atom is -0.472 e. The molecule has 3 amide bonds. The van der Waals surface area contributed by atoms with Crippen LogP contribution in [0.3, 0.4) is 0 Å². The molecule has 0 saturated heterocycles. The number of likely N-dealkylation sites (N-methyl/N-ethyl adjacent to an activating group) is 1. The maximum Gasteiger partial charge on any atom is 0.317 e. The molecule has 2 aliphatic rings. The minimum atomic E-state index is -0.376. The molecule has 1 saturated carbocycles. The van der Waals surface area contributed by atoms with Crippen LogP contribution in [-0.2, 0) is 0 Å². The number of hydrogen-bond donors (Lipinski definition) is 2. The van der Waals surface area contributed by atoms with E-state index in [0.717, 1.165) is 12.8 Å². The van der Waals surface area contributed by atoms with Gasteiger partial charge < -0.3 is 25.0 Å². The van der Waals surface area contributed by atoms with Gasteiger partial charge in [-0.3, -0.25) is 4.79 Å². The molecule has 0 bridgehead atoms. The Bertz CT molecular complexity index is 935. The number of urea groups is 1. The molecule has 3 atom stereocenters. The molecule has 192 valence electrons. The lowest BCUT2D eigenvalue weighted by Gasteiger charge is -2.37. The van der Waals surface area contributed by atoms with Gasteiger partial charge in [0, 0.05) is 44.2 Å². The predicted molar refractivity (Wildman–Crippen MR) is 135 cm³/mol. The van der Waals surface area contributed by atoms with Crippen LogP contribution in [0.5, 0.6) is 5.88 Å². The highest BCUT2D eigenvalue weighted by Gasteiger charge is 2.34. The molecule has 1 aromatic heterocycles. The van der Waals surface area contributed by atoms with Gasteiger partial charge in [-0.25, -0.2) is 9.78 Å². The van der Waals surface area contributed by atoms with Crippen molar-refractivity contribution in [3.8, 4) is 17.7 Å². The highest BCUT2D eigenvalue weighted by molar-refractivity contribution is 5.97. The monoisotopic (exact) mass is 484 g/mol.